The Labute approximate surface area is 114 Å². The third-order valence-electron chi connectivity index (χ3n) is 2.95. The Morgan fingerprint density at radius 1 is 1.21 bits per heavy atom. The zero-order valence-corrected chi connectivity index (χ0v) is 11.8. The maximum Gasteiger partial charge on any atom is 0.207 e. The van der Waals surface area contributed by atoms with E-state index < -0.39 is 0 Å². The second-order valence-corrected chi connectivity index (χ2v) is 4.68. The first-order valence-corrected chi connectivity index (χ1v) is 6.56. The van der Waals surface area contributed by atoms with E-state index in [0.717, 1.165) is 36.9 Å². The molecule has 2 rings (SSSR count). The van der Waals surface area contributed by atoms with Gasteiger partial charge in [-0.25, -0.2) is 4.98 Å². The Balaban J connectivity index is 2.13. The van der Waals surface area contributed by atoms with Crippen molar-refractivity contribution in [2.24, 2.45) is 0 Å². The second kappa shape index (κ2) is 6.38. The lowest BCUT2D eigenvalue weighted by molar-refractivity contribution is 0.197. The minimum absolute atomic E-state index is 0.761. The van der Waals surface area contributed by atoms with E-state index in [-0.39, 0.29) is 0 Å². The van der Waals surface area contributed by atoms with Gasteiger partial charge in [-0.15, -0.1) is 0 Å². The monoisotopic (exact) mass is 259 g/mol. The number of rotatable bonds is 6. The van der Waals surface area contributed by atoms with Crippen molar-refractivity contribution in [3.05, 3.63) is 41.7 Å². The summed E-state index contributed by atoms with van der Waals surface area (Å²) in [6, 6.07) is 8.44. The van der Waals surface area contributed by atoms with Gasteiger partial charge in [0.1, 0.15) is 0 Å². The molecular formula is C15H21N3O. The summed E-state index contributed by atoms with van der Waals surface area (Å²) in [5.41, 5.74) is 3.39. The van der Waals surface area contributed by atoms with E-state index in [0.29, 0.717) is 0 Å². The molecule has 2 aromatic rings. The number of nitrogens with one attached hydrogen (secondary N) is 1. The lowest BCUT2D eigenvalue weighted by Gasteiger charge is -2.09. The fourth-order valence-electron chi connectivity index (χ4n) is 1.94. The highest BCUT2D eigenvalue weighted by atomic mass is 16.5. The fraction of sp³-hybridized carbons (Fsp3) is 0.400. The van der Waals surface area contributed by atoms with E-state index in [4.69, 9.17) is 4.74 Å². The number of nitrogens with zero attached hydrogens (tertiary/aromatic N) is 2. The Morgan fingerprint density at radius 2 is 1.95 bits per heavy atom. The van der Waals surface area contributed by atoms with Gasteiger partial charge in [0.05, 0.1) is 5.69 Å². The molecule has 1 aromatic carbocycles. The molecule has 0 radical (unpaired) electrons. The lowest BCUT2D eigenvalue weighted by Crippen LogP contribution is -2.09. The summed E-state index contributed by atoms with van der Waals surface area (Å²) in [6.07, 6.45) is 3.01. The van der Waals surface area contributed by atoms with Crippen LogP contribution in [0.4, 0.5) is 5.95 Å². The molecule has 0 aliphatic rings. The number of methoxy groups -OCH3 is 1. The average molecular weight is 259 g/mol. The normalized spacial score (nSPS) is 10.7. The molecule has 0 aliphatic heterocycles. The third-order valence-corrected chi connectivity index (χ3v) is 2.95. The van der Waals surface area contributed by atoms with Gasteiger partial charge in [0.2, 0.25) is 5.95 Å². The molecule has 19 heavy (non-hydrogen) atoms. The highest BCUT2D eigenvalue weighted by Crippen LogP contribution is 2.17. The molecule has 102 valence electrons. The van der Waals surface area contributed by atoms with Crippen molar-refractivity contribution in [1.29, 1.82) is 0 Å². The van der Waals surface area contributed by atoms with Crippen molar-refractivity contribution >= 4 is 5.95 Å². The number of ether oxygens (including phenoxy) is 1. The van der Waals surface area contributed by atoms with E-state index in [1.807, 2.05) is 13.1 Å². The van der Waals surface area contributed by atoms with Crippen molar-refractivity contribution in [1.82, 2.24) is 9.55 Å². The summed E-state index contributed by atoms with van der Waals surface area (Å²) < 4.78 is 7.13. The Bertz CT molecular complexity index is 517. The molecule has 0 bridgehead atoms. The maximum atomic E-state index is 5.05. The van der Waals surface area contributed by atoms with Crippen LogP contribution < -0.4 is 5.32 Å². The first-order chi connectivity index (χ1) is 9.20. The van der Waals surface area contributed by atoms with Crippen LogP contribution in [0.2, 0.25) is 0 Å². The van der Waals surface area contributed by atoms with Crippen molar-refractivity contribution in [3.63, 3.8) is 0 Å². The minimum atomic E-state index is 0.761. The van der Waals surface area contributed by atoms with Crippen LogP contribution in [0.15, 0.2) is 30.5 Å². The van der Waals surface area contributed by atoms with Crippen molar-refractivity contribution in [2.75, 3.05) is 25.6 Å². The van der Waals surface area contributed by atoms with Crippen LogP contribution in [-0.4, -0.2) is 29.8 Å². The minimum Gasteiger partial charge on any atom is -0.385 e. The predicted octanol–water partition coefficient (Wildman–Crippen LogP) is 2.94. The molecule has 4 nitrogen and oxygen atoms in total. The molecule has 0 fully saturated rings. The molecule has 0 spiro atoms. The van der Waals surface area contributed by atoms with E-state index in [2.05, 4.69) is 46.1 Å². The number of hydrogen-bond acceptors (Lipinski definition) is 3. The van der Waals surface area contributed by atoms with Crippen LogP contribution in [0.25, 0.3) is 5.69 Å². The van der Waals surface area contributed by atoms with Gasteiger partial charge in [-0.1, -0.05) is 17.7 Å². The largest absolute Gasteiger partial charge is 0.385 e. The molecule has 4 heteroatoms. The first kappa shape index (κ1) is 13.6. The molecule has 1 N–H and O–H groups in total. The molecule has 1 heterocycles. The average Bonchev–Trinajstić information content (AvgIpc) is 2.77. The predicted molar refractivity (Wildman–Crippen MR) is 78.0 cm³/mol. The van der Waals surface area contributed by atoms with Crippen LogP contribution in [0.5, 0.6) is 0 Å². The van der Waals surface area contributed by atoms with Crippen LogP contribution in [-0.2, 0) is 4.74 Å². The van der Waals surface area contributed by atoms with Crippen LogP contribution >= 0.6 is 0 Å². The summed E-state index contributed by atoms with van der Waals surface area (Å²) in [4.78, 5) is 4.52. The summed E-state index contributed by atoms with van der Waals surface area (Å²) in [5.74, 6) is 0.887. The van der Waals surface area contributed by atoms with Gasteiger partial charge >= 0.3 is 0 Å². The van der Waals surface area contributed by atoms with Crippen molar-refractivity contribution < 1.29 is 4.74 Å². The van der Waals surface area contributed by atoms with Gasteiger partial charge in [-0.05, 0) is 32.4 Å². The summed E-state index contributed by atoms with van der Waals surface area (Å²) >= 11 is 0. The van der Waals surface area contributed by atoms with E-state index in [9.17, 15) is 0 Å². The topological polar surface area (TPSA) is 39.1 Å². The zero-order chi connectivity index (χ0) is 13.7. The molecule has 0 unspecified atom stereocenters. The van der Waals surface area contributed by atoms with Crippen LogP contribution in [0.1, 0.15) is 17.7 Å². The molecule has 1 aromatic heterocycles. The molecule has 0 atom stereocenters. The van der Waals surface area contributed by atoms with Crippen LogP contribution in [0, 0.1) is 13.8 Å². The zero-order valence-electron chi connectivity index (χ0n) is 11.8. The molecular weight excluding hydrogens is 238 g/mol. The molecule has 0 amide bonds. The van der Waals surface area contributed by atoms with E-state index in [1.165, 1.54) is 5.56 Å². The first-order valence-electron chi connectivity index (χ1n) is 6.56. The van der Waals surface area contributed by atoms with Gasteiger partial charge in [-0.2, -0.15) is 0 Å². The van der Waals surface area contributed by atoms with Gasteiger partial charge in [0, 0.05) is 32.1 Å². The highest BCUT2D eigenvalue weighted by molar-refractivity contribution is 5.43. The maximum absolute atomic E-state index is 5.05. The number of benzene rings is 1. The van der Waals surface area contributed by atoms with Crippen molar-refractivity contribution in [2.45, 2.75) is 20.3 Å². The number of aromatic nitrogens is 2. The van der Waals surface area contributed by atoms with Crippen molar-refractivity contribution in [3.8, 4) is 5.69 Å². The molecule has 0 saturated carbocycles. The standard InChI is InChI=1S/C15H21N3O/c1-12-5-7-14(8-6-12)18-11-13(2)17-15(18)16-9-4-10-19-3/h5-8,11H,4,9-10H2,1-3H3,(H,16,17). The van der Waals surface area contributed by atoms with Gasteiger partial charge < -0.3 is 10.1 Å². The number of imidazole rings is 1. The molecule has 0 aliphatic carbocycles. The smallest absolute Gasteiger partial charge is 0.207 e. The lowest BCUT2D eigenvalue weighted by atomic mass is 10.2. The van der Waals surface area contributed by atoms with E-state index >= 15 is 0 Å². The van der Waals surface area contributed by atoms with Gasteiger partial charge in [0.25, 0.3) is 0 Å². The third kappa shape index (κ3) is 3.58. The Hall–Kier alpha value is -1.81. The summed E-state index contributed by atoms with van der Waals surface area (Å²) in [7, 11) is 1.72. The fourth-order valence-corrected chi connectivity index (χ4v) is 1.94. The van der Waals surface area contributed by atoms with E-state index in [1.54, 1.807) is 7.11 Å². The second-order valence-electron chi connectivity index (χ2n) is 4.68. The quantitative estimate of drug-likeness (QED) is 0.811. The van der Waals surface area contributed by atoms with Gasteiger partial charge in [0.15, 0.2) is 0 Å². The Morgan fingerprint density at radius 3 is 2.63 bits per heavy atom. The number of hydrogen-bond donors (Lipinski definition) is 1. The molecule has 0 saturated heterocycles. The number of aryl methyl sites for hydroxylation is 2. The highest BCUT2D eigenvalue weighted by Gasteiger charge is 2.06. The summed E-state index contributed by atoms with van der Waals surface area (Å²) in [6.45, 7) is 5.71. The van der Waals surface area contributed by atoms with Crippen LogP contribution in [0.3, 0.4) is 0 Å². The number of anilines is 1. The SMILES string of the molecule is COCCCNc1nc(C)cn1-c1ccc(C)cc1. The van der Waals surface area contributed by atoms with Gasteiger partial charge in [-0.3, -0.25) is 4.57 Å². The Kier molecular flexibility index (Phi) is 4.58. The summed E-state index contributed by atoms with van der Waals surface area (Å²) in [5, 5.41) is 3.35.